The number of ether oxygens (including phenoxy) is 2. The van der Waals surface area contributed by atoms with Crippen LogP contribution in [0.4, 0.5) is 10.7 Å². The van der Waals surface area contributed by atoms with Crippen LogP contribution in [0.25, 0.3) is 0 Å². The number of methoxy groups -OCH3 is 1. The lowest BCUT2D eigenvalue weighted by molar-refractivity contribution is -0.114. The van der Waals surface area contributed by atoms with Gasteiger partial charge in [-0.1, -0.05) is 0 Å². The van der Waals surface area contributed by atoms with E-state index in [4.69, 9.17) is 9.47 Å². The van der Waals surface area contributed by atoms with Gasteiger partial charge in [-0.15, -0.1) is 23.1 Å². The molecule has 0 bridgehead atoms. The molecule has 0 fully saturated rings. The number of hydrogen-bond acceptors (Lipinski definition) is 8. The summed E-state index contributed by atoms with van der Waals surface area (Å²) in [5.74, 6) is -0.490. The summed E-state index contributed by atoms with van der Waals surface area (Å²) in [5.41, 5.74) is 1.57. The minimum Gasteiger partial charge on any atom is -0.494 e. The number of aryl methyl sites for hydroxylation is 1. The Balaban J connectivity index is 1.66. The van der Waals surface area contributed by atoms with Gasteiger partial charge in [-0.2, -0.15) is 0 Å². The summed E-state index contributed by atoms with van der Waals surface area (Å²) in [6, 6.07) is 13.0. The van der Waals surface area contributed by atoms with Gasteiger partial charge in [0, 0.05) is 9.77 Å². The third kappa shape index (κ3) is 5.78. The standard InChI is InChI=1S/C26H28N2O6S3/c1-4-34-18-10-8-17(9-11-18)28(37(31,32)20-14-12-19(35-3)13-15-20)16-23(29)27-25-24(26(30)33-2)21-6-5-7-22(21)36-25/h8-15H,4-7,16H2,1-3H3,(H,27,29). The van der Waals surface area contributed by atoms with E-state index in [1.165, 1.54) is 42.3 Å². The van der Waals surface area contributed by atoms with E-state index in [-0.39, 0.29) is 4.90 Å². The maximum atomic E-state index is 13.7. The minimum atomic E-state index is -4.08. The molecule has 1 aliphatic rings. The quantitative estimate of drug-likeness (QED) is 0.276. The zero-order valence-electron chi connectivity index (χ0n) is 20.8. The molecule has 0 atom stereocenters. The summed E-state index contributed by atoms with van der Waals surface area (Å²) < 4.78 is 38.9. The number of esters is 1. The molecule has 0 saturated carbocycles. The predicted molar refractivity (Wildman–Crippen MR) is 147 cm³/mol. The molecule has 3 aromatic rings. The number of rotatable bonds is 10. The molecule has 2 aromatic carbocycles. The molecule has 1 heterocycles. The van der Waals surface area contributed by atoms with E-state index in [0.29, 0.717) is 28.6 Å². The van der Waals surface area contributed by atoms with E-state index in [1.807, 2.05) is 13.2 Å². The topological polar surface area (TPSA) is 102 Å². The van der Waals surface area contributed by atoms with E-state index in [2.05, 4.69) is 5.32 Å². The number of thiophene rings is 1. The van der Waals surface area contributed by atoms with Crippen LogP contribution in [0, 0.1) is 0 Å². The first-order valence-corrected chi connectivity index (χ1v) is 15.2. The van der Waals surface area contributed by atoms with Crippen LogP contribution in [0.2, 0.25) is 0 Å². The Morgan fingerprint density at radius 1 is 1.08 bits per heavy atom. The Hall–Kier alpha value is -3.02. The Bertz CT molecular complexity index is 1380. The Labute approximate surface area is 225 Å². The number of nitrogens with zero attached hydrogens (tertiary/aromatic N) is 1. The molecule has 0 radical (unpaired) electrons. The van der Waals surface area contributed by atoms with Crippen LogP contribution in [0.5, 0.6) is 5.75 Å². The lowest BCUT2D eigenvalue weighted by Gasteiger charge is -2.24. The average molecular weight is 561 g/mol. The summed E-state index contributed by atoms with van der Waals surface area (Å²) in [4.78, 5) is 27.7. The van der Waals surface area contributed by atoms with Crippen molar-refractivity contribution in [3.63, 3.8) is 0 Å². The number of thioether (sulfide) groups is 1. The molecule has 1 aliphatic carbocycles. The molecule has 1 aromatic heterocycles. The SMILES string of the molecule is CCOc1ccc(N(CC(=O)Nc2sc3c(c2C(=O)OC)CCC3)S(=O)(=O)c2ccc(SC)cc2)cc1. The van der Waals surface area contributed by atoms with Crippen molar-refractivity contribution < 1.29 is 27.5 Å². The number of carbonyl (C=O) groups is 2. The molecule has 37 heavy (non-hydrogen) atoms. The maximum Gasteiger partial charge on any atom is 0.341 e. The fourth-order valence-corrected chi connectivity index (χ4v) is 7.29. The number of sulfonamides is 1. The highest BCUT2D eigenvalue weighted by Crippen LogP contribution is 2.39. The van der Waals surface area contributed by atoms with Crippen LogP contribution < -0.4 is 14.4 Å². The van der Waals surface area contributed by atoms with Gasteiger partial charge in [0.1, 0.15) is 17.3 Å². The largest absolute Gasteiger partial charge is 0.494 e. The molecule has 0 aliphatic heterocycles. The summed E-state index contributed by atoms with van der Waals surface area (Å²) in [7, 11) is -2.78. The lowest BCUT2D eigenvalue weighted by Crippen LogP contribution is -2.38. The van der Waals surface area contributed by atoms with Gasteiger partial charge in [0.15, 0.2) is 0 Å². The van der Waals surface area contributed by atoms with Gasteiger partial charge in [-0.05, 0) is 86.5 Å². The molecule has 1 amide bonds. The van der Waals surface area contributed by atoms with E-state index in [0.717, 1.165) is 38.9 Å². The zero-order valence-corrected chi connectivity index (χ0v) is 23.2. The van der Waals surface area contributed by atoms with Crippen molar-refractivity contribution in [3.05, 3.63) is 64.5 Å². The third-order valence-electron chi connectivity index (χ3n) is 5.93. The lowest BCUT2D eigenvalue weighted by atomic mass is 10.1. The van der Waals surface area contributed by atoms with Gasteiger partial charge in [-0.25, -0.2) is 13.2 Å². The van der Waals surface area contributed by atoms with Crippen LogP contribution in [0.3, 0.4) is 0 Å². The summed E-state index contributed by atoms with van der Waals surface area (Å²) in [6.45, 7) is 1.85. The summed E-state index contributed by atoms with van der Waals surface area (Å²) in [6.07, 6.45) is 4.42. The second-order valence-electron chi connectivity index (χ2n) is 8.22. The van der Waals surface area contributed by atoms with Crippen molar-refractivity contribution in [2.24, 2.45) is 0 Å². The first-order chi connectivity index (χ1) is 17.8. The molecular weight excluding hydrogens is 532 g/mol. The van der Waals surface area contributed by atoms with Gasteiger partial charge in [0.05, 0.1) is 29.9 Å². The first-order valence-electron chi connectivity index (χ1n) is 11.7. The van der Waals surface area contributed by atoms with Crippen molar-refractivity contribution in [1.29, 1.82) is 0 Å². The number of nitrogens with one attached hydrogen (secondary N) is 1. The van der Waals surface area contributed by atoms with Crippen molar-refractivity contribution >= 4 is 55.7 Å². The van der Waals surface area contributed by atoms with Crippen molar-refractivity contribution in [3.8, 4) is 5.75 Å². The van der Waals surface area contributed by atoms with Crippen LogP contribution in [0.1, 0.15) is 34.1 Å². The summed E-state index contributed by atoms with van der Waals surface area (Å²) in [5, 5.41) is 3.16. The fourth-order valence-electron chi connectivity index (χ4n) is 4.17. The van der Waals surface area contributed by atoms with Gasteiger partial charge < -0.3 is 14.8 Å². The van der Waals surface area contributed by atoms with E-state index < -0.39 is 28.4 Å². The fraction of sp³-hybridized carbons (Fsp3) is 0.308. The predicted octanol–water partition coefficient (Wildman–Crippen LogP) is 4.98. The Morgan fingerprint density at radius 2 is 1.78 bits per heavy atom. The van der Waals surface area contributed by atoms with Gasteiger partial charge in [-0.3, -0.25) is 9.10 Å². The maximum absolute atomic E-state index is 13.7. The molecule has 0 spiro atoms. The monoisotopic (exact) mass is 560 g/mol. The zero-order chi connectivity index (χ0) is 26.6. The minimum absolute atomic E-state index is 0.0670. The van der Waals surface area contributed by atoms with Crippen molar-refractivity contribution in [1.82, 2.24) is 0 Å². The van der Waals surface area contributed by atoms with Crippen LogP contribution in [-0.2, 0) is 32.4 Å². The van der Waals surface area contributed by atoms with Crippen LogP contribution >= 0.6 is 23.1 Å². The number of hydrogen-bond donors (Lipinski definition) is 1. The van der Waals surface area contributed by atoms with Crippen molar-refractivity contribution in [2.75, 3.05) is 36.1 Å². The second kappa shape index (κ2) is 11.6. The molecule has 0 unspecified atom stereocenters. The van der Waals surface area contributed by atoms with Crippen LogP contribution in [-0.4, -0.2) is 46.8 Å². The molecular formula is C26H28N2O6S3. The van der Waals surface area contributed by atoms with Crippen molar-refractivity contribution in [2.45, 2.75) is 36.0 Å². The molecule has 1 N–H and O–H groups in total. The number of anilines is 2. The molecule has 11 heteroatoms. The average Bonchev–Trinajstić information content (AvgIpc) is 3.48. The Kier molecular flexibility index (Phi) is 8.46. The van der Waals surface area contributed by atoms with Gasteiger partial charge in [0.25, 0.3) is 10.0 Å². The highest BCUT2D eigenvalue weighted by molar-refractivity contribution is 7.98. The second-order valence-corrected chi connectivity index (χ2v) is 12.1. The molecule has 4 rings (SSSR count). The smallest absolute Gasteiger partial charge is 0.341 e. The number of fused-ring (bicyclic) bond motifs is 1. The highest BCUT2D eigenvalue weighted by atomic mass is 32.2. The number of amides is 1. The molecule has 0 saturated heterocycles. The third-order valence-corrected chi connectivity index (χ3v) is 9.67. The molecule has 8 nitrogen and oxygen atoms in total. The van der Waals surface area contributed by atoms with Gasteiger partial charge >= 0.3 is 5.97 Å². The van der Waals surface area contributed by atoms with E-state index >= 15 is 0 Å². The Morgan fingerprint density at radius 3 is 2.41 bits per heavy atom. The molecule has 196 valence electrons. The first kappa shape index (κ1) is 27.0. The van der Waals surface area contributed by atoms with Crippen LogP contribution in [0.15, 0.2) is 58.3 Å². The number of carbonyl (C=O) groups excluding carboxylic acids is 2. The van der Waals surface area contributed by atoms with E-state index in [9.17, 15) is 18.0 Å². The normalized spacial score (nSPS) is 12.6. The number of benzene rings is 2. The summed E-state index contributed by atoms with van der Waals surface area (Å²) >= 11 is 2.84. The van der Waals surface area contributed by atoms with Gasteiger partial charge in [0.2, 0.25) is 5.91 Å². The highest BCUT2D eigenvalue weighted by Gasteiger charge is 2.31. The van der Waals surface area contributed by atoms with E-state index in [1.54, 1.807) is 36.4 Å².